The summed E-state index contributed by atoms with van der Waals surface area (Å²) in [7, 11) is 0. The lowest BCUT2D eigenvalue weighted by Gasteiger charge is -2.63. The van der Waals surface area contributed by atoms with E-state index in [9.17, 15) is 0 Å². The summed E-state index contributed by atoms with van der Waals surface area (Å²) >= 11 is 0. The Balaban J connectivity index is 0.00000210. The zero-order chi connectivity index (χ0) is 17.8. The van der Waals surface area contributed by atoms with Gasteiger partial charge in [-0.1, -0.05) is 19.3 Å². The lowest BCUT2D eigenvalue weighted by molar-refractivity contribution is -0.171. The number of guanidine groups is 1. The van der Waals surface area contributed by atoms with E-state index in [1.165, 1.54) is 77.4 Å². The minimum Gasteiger partial charge on any atom is -0.377 e. The maximum Gasteiger partial charge on any atom is 0.191 e. The number of halogens is 1. The first kappa shape index (κ1) is 21.6. The van der Waals surface area contributed by atoms with Crippen LogP contribution in [0.3, 0.4) is 0 Å². The van der Waals surface area contributed by atoms with Crippen LogP contribution in [0.5, 0.6) is 0 Å². The summed E-state index contributed by atoms with van der Waals surface area (Å²) in [5.74, 6) is 1.74. The molecule has 2 aliphatic heterocycles. The molecule has 2 heterocycles. The van der Waals surface area contributed by atoms with Crippen molar-refractivity contribution < 1.29 is 4.74 Å². The van der Waals surface area contributed by atoms with Crippen LogP contribution in [0.1, 0.15) is 64.7 Å². The maximum absolute atomic E-state index is 6.05. The molecular weight excluding hydrogens is 451 g/mol. The highest BCUT2D eigenvalue weighted by Crippen LogP contribution is 2.62. The van der Waals surface area contributed by atoms with Gasteiger partial charge in [0.25, 0.3) is 0 Å². The molecule has 27 heavy (non-hydrogen) atoms. The van der Waals surface area contributed by atoms with Crippen LogP contribution in [0.2, 0.25) is 0 Å². The molecule has 156 valence electrons. The molecule has 0 amide bonds. The fourth-order valence-corrected chi connectivity index (χ4v) is 5.77. The Hall–Kier alpha value is -0.0800. The standard InChI is InChI=1S/C21H38N4O.HI/c1-2-22-20(23-12-8-15-25-13-5-3-4-6-14-25)24-18-17-9-16-26-19(17)21(18)10-7-11-21;/h17-19H,2-16H2,1H3,(H2,22,23,24);1H. The van der Waals surface area contributed by atoms with Crippen LogP contribution in [-0.2, 0) is 4.74 Å². The summed E-state index contributed by atoms with van der Waals surface area (Å²) in [5.41, 5.74) is 0.420. The number of rotatable bonds is 6. The molecule has 6 heteroatoms. The third-order valence-electron chi connectivity index (χ3n) is 7.27. The average molecular weight is 490 g/mol. The number of ether oxygens (including phenoxy) is 1. The first-order chi connectivity index (χ1) is 12.8. The van der Waals surface area contributed by atoms with Crippen molar-refractivity contribution in [3.63, 3.8) is 0 Å². The van der Waals surface area contributed by atoms with Gasteiger partial charge >= 0.3 is 0 Å². The molecule has 2 saturated carbocycles. The zero-order valence-corrected chi connectivity index (χ0v) is 19.4. The minimum atomic E-state index is 0. The summed E-state index contributed by atoms with van der Waals surface area (Å²) in [5, 5.41) is 7.29. The van der Waals surface area contributed by atoms with Gasteiger partial charge in [0.2, 0.25) is 0 Å². The molecule has 0 aromatic heterocycles. The predicted molar refractivity (Wildman–Crippen MR) is 122 cm³/mol. The van der Waals surface area contributed by atoms with Crippen LogP contribution in [-0.4, -0.2) is 62.3 Å². The van der Waals surface area contributed by atoms with Crippen LogP contribution < -0.4 is 10.6 Å². The van der Waals surface area contributed by atoms with Crippen molar-refractivity contribution in [3.8, 4) is 0 Å². The molecule has 1 spiro atoms. The highest BCUT2D eigenvalue weighted by molar-refractivity contribution is 14.0. The normalized spacial score (nSPS) is 32.6. The van der Waals surface area contributed by atoms with Gasteiger partial charge in [-0.15, -0.1) is 24.0 Å². The van der Waals surface area contributed by atoms with E-state index in [0.717, 1.165) is 25.7 Å². The van der Waals surface area contributed by atoms with Gasteiger partial charge in [0, 0.05) is 37.1 Å². The third-order valence-corrected chi connectivity index (χ3v) is 7.27. The summed E-state index contributed by atoms with van der Waals surface area (Å²) < 4.78 is 6.05. The molecular formula is C21H39IN4O. The van der Waals surface area contributed by atoms with Crippen molar-refractivity contribution in [1.29, 1.82) is 0 Å². The van der Waals surface area contributed by atoms with E-state index in [1.54, 1.807) is 0 Å². The Kier molecular flexibility index (Phi) is 8.09. The van der Waals surface area contributed by atoms with Crippen molar-refractivity contribution in [3.05, 3.63) is 0 Å². The number of nitrogens with one attached hydrogen (secondary N) is 2. The smallest absolute Gasteiger partial charge is 0.191 e. The molecule has 0 radical (unpaired) electrons. The summed E-state index contributed by atoms with van der Waals surface area (Å²) in [6.45, 7) is 8.76. The Labute approximate surface area is 182 Å². The third kappa shape index (κ3) is 4.58. The second kappa shape index (κ2) is 10.1. The molecule has 4 rings (SSSR count). The van der Waals surface area contributed by atoms with E-state index in [0.29, 0.717) is 23.5 Å². The van der Waals surface area contributed by atoms with Gasteiger partial charge in [-0.3, -0.25) is 4.99 Å². The quantitative estimate of drug-likeness (QED) is 0.260. The fourth-order valence-electron chi connectivity index (χ4n) is 5.77. The summed E-state index contributed by atoms with van der Waals surface area (Å²) in [6.07, 6.45) is 12.5. The van der Waals surface area contributed by atoms with E-state index in [4.69, 9.17) is 9.73 Å². The molecule has 5 nitrogen and oxygen atoms in total. The molecule has 0 bridgehead atoms. The van der Waals surface area contributed by atoms with E-state index >= 15 is 0 Å². The van der Waals surface area contributed by atoms with Gasteiger partial charge < -0.3 is 20.3 Å². The van der Waals surface area contributed by atoms with Crippen molar-refractivity contribution >= 4 is 29.9 Å². The SMILES string of the molecule is CCNC(=NCCCN1CCCCCC1)NC1C2CCOC2C12CCC2.I. The van der Waals surface area contributed by atoms with Crippen LogP contribution >= 0.6 is 24.0 Å². The Bertz CT molecular complexity index is 489. The zero-order valence-electron chi connectivity index (χ0n) is 17.0. The molecule has 3 atom stereocenters. The maximum atomic E-state index is 6.05. The topological polar surface area (TPSA) is 48.9 Å². The molecule has 2 saturated heterocycles. The Morgan fingerprint density at radius 3 is 2.59 bits per heavy atom. The van der Waals surface area contributed by atoms with Gasteiger partial charge in [0.05, 0.1) is 6.10 Å². The molecule has 2 aliphatic carbocycles. The molecule has 4 fully saturated rings. The van der Waals surface area contributed by atoms with E-state index in [1.807, 2.05) is 0 Å². The lowest BCUT2D eigenvalue weighted by atomic mass is 9.46. The molecule has 0 aromatic rings. The average Bonchev–Trinajstić information content (AvgIpc) is 2.85. The van der Waals surface area contributed by atoms with Crippen molar-refractivity contribution in [1.82, 2.24) is 15.5 Å². The first-order valence-electron chi connectivity index (χ1n) is 11.2. The van der Waals surface area contributed by atoms with E-state index in [-0.39, 0.29) is 24.0 Å². The van der Waals surface area contributed by atoms with Crippen LogP contribution in [0.15, 0.2) is 4.99 Å². The molecule has 2 N–H and O–H groups in total. The Morgan fingerprint density at radius 2 is 1.93 bits per heavy atom. The summed E-state index contributed by atoms with van der Waals surface area (Å²) in [4.78, 5) is 7.55. The van der Waals surface area contributed by atoms with Gasteiger partial charge in [-0.25, -0.2) is 0 Å². The molecule has 3 unspecified atom stereocenters. The van der Waals surface area contributed by atoms with E-state index < -0.39 is 0 Å². The van der Waals surface area contributed by atoms with Crippen LogP contribution in [0.4, 0.5) is 0 Å². The van der Waals surface area contributed by atoms with Crippen LogP contribution in [0, 0.1) is 11.3 Å². The highest BCUT2D eigenvalue weighted by atomic mass is 127. The van der Waals surface area contributed by atoms with Gasteiger partial charge in [0.1, 0.15) is 0 Å². The second-order valence-corrected chi connectivity index (χ2v) is 8.82. The largest absolute Gasteiger partial charge is 0.377 e. The number of fused-ring (bicyclic) bond motifs is 2. The minimum absolute atomic E-state index is 0. The van der Waals surface area contributed by atoms with Crippen LogP contribution in [0.25, 0.3) is 0 Å². The monoisotopic (exact) mass is 490 g/mol. The number of nitrogens with zero attached hydrogens (tertiary/aromatic N) is 2. The van der Waals surface area contributed by atoms with Gasteiger partial charge in [-0.2, -0.15) is 0 Å². The van der Waals surface area contributed by atoms with Crippen molar-refractivity contribution in [2.45, 2.75) is 76.9 Å². The number of aliphatic imine (C=N–C) groups is 1. The molecule has 4 aliphatic rings. The number of likely N-dealkylation sites (tertiary alicyclic amines) is 1. The fraction of sp³-hybridized carbons (Fsp3) is 0.952. The predicted octanol–water partition coefficient (Wildman–Crippen LogP) is 3.38. The number of hydrogen-bond donors (Lipinski definition) is 2. The van der Waals surface area contributed by atoms with Crippen molar-refractivity contribution in [2.24, 2.45) is 16.3 Å². The summed E-state index contributed by atoms with van der Waals surface area (Å²) in [6, 6.07) is 0.576. The van der Waals surface area contributed by atoms with Gasteiger partial charge in [0.15, 0.2) is 5.96 Å². The Morgan fingerprint density at radius 1 is 1.15 bits per heavy atom. The second-order valence-electron chi connectivity index (χ2n) is 8.82. The van der Waals surface area contributed by atoms with E-state index in [2.05, 4.69) is 22.5 Å². The number of hydrogen-bond acceptors (Lipinski definition) is 3. The van der Waals surface area contributed by atoms with Crippen molar-refractivity contribution in [2.75, 3.05) is 39.3 Å². The van der Waals surface area contributed by atoms with Gasteiger partial charge in [-0.05, 0) is 65.1 Å². The molecule has 0 aromatic carbocycles. The first-order valence-corrected chi connectivity index (χ1v) is 11.2. The highest BCUT2D eigenvalue weighted by Gasteiger charge is 2.66. The lowest BCUT2D eigenvalue weighted by Crippen LogP contribution is -2.72.